The van der Waals surface area contributed by atoms with E-state index in [0.717, 1.165) is 0 Å². The number of rotatable bonds is 3. The molecule has 1 aromatic heterocycles. The third-order valence-corrected chi connectivity index (χ3v) is 2.01. The fourth-order valence-corrected chi connectivity index (χ4v) is 1.37. The molecule has 0 aliphatic heterocycles. The Morgan fingerprint density at radius 1 is 1.33 bits per heavy atom. The first kappa shape index (κ1) is 9.86. The van der Waals surface area contributed by atoms with E-state index < -0.39 is 0 Å². The molecular weight excluding hydrogens is 197 g/mol. The van der Waals surface area contributed by atoms with Gasteiger partial charge in [-0.15, -0.1) is 0 Å². The second-order valence-corrected chi connectivity index (χ2v) is 3.04. The summed E-state index contributed by atoms with van der Waals surface area (Å²) in [5.41, 5.74) is 0.673. The van der Waals surface area contributed by atoms with Crippen molar-refractivity contribution in [2.75, 3.05) is 13.2 Å². The predicted octanol–water partition coefficient (Wildman–Crippen LogP) is 1.74. The van der Waals surface area contributed by atoms with Crippen LogP contribution in [0.1, 0.15) is 0 Å². The lowest BCUT2D eigenvalue weighted by Crippen LogP contribution is -2.02. The van der Waals surface area contributed by atoms with Gasteiger partial charge in [0.2, 0.25) is 0 Å². The minimum absolute atomic E-state index is 0.0703. The molecule has 1 aromatic carbocycles. The molecule has 78 valence electrons. The lowest BCUT2D eigenvalue weighted by atomic mass is 10.2. The van der Waals surface area contributed by atoms with E-state index in [9.17, 15) is 4.39 Å². The fraction of sp³-hybridized carbons (Fsp3) is 0.182. The highest BCUT2D eigenvalue weighted by Crippen LogP contribution is 2.24. The third-order valence-electron chi connectivity index (χ3n) is 2.01. The number of nitrogens with zero attached hydrogens (tertiary/aromatic N) is 1. The van der Waals surface area contributed by atoms with Crippen LogP contribution in [0.3, 0.4) is 0 Å². The van der Waals surface area contributed by atoms with Crippen molar-refractivity contribution >= 4 is 10.9 Å². The van der Waals surface area contributed by atoms with Gasteiger partial charge in [0.05, 0.1) is 12.1 Å². The van der Waals surface area contributed by atoms with Crippen LogP contribution in [0.5, 0.6) is 5.75 Å². The lowest BCUT2D eigenvalue weighted by Gasteiger charge is -2.07. The number of hydrogen-bond acceptors (Lipinski definition) is 3. The van der Waals surface area contributed by atoms with Gasteiger partial charge in [0.1, 0.15) is 18.2 Å². The van der Waals surface area contributed by atoms with Gasteiger partial charge in [-0.25, -0.2) is 4.39 Å². The second kappa shape index (κ2) is 4.23. The topological polar surface area (TPSA) is 42.4 Å². The van der Waals surface area contributed by atoms with E-state index >= 15 is 0 Å². The zero-order valence-corrected chi connectivity index (χ0v) is 7.98. The number of benzene rings is 1. The van der Waals surface area contributed by atoms with Crippen molar-refractivity contribution in [3.8, 4) is 5.75 Å². The number of ether oxygens (including phenoxy) is 1. The Kier molecular flexibility index (Phi) is 2.78. The molecule has 0 fully saturated rings. The average molecular weight is 207 g/mol. The van der Waals surface area contributed by atoms with Gasteiger partial charge >= 0.3 is 0 Å². The Morgan fingerprint density at radius 2 is 2.20 bits per heavy atom. The third kappa shape index (κ3) is 2.05. The molecule has 0 spiro atoms. The normalized spacial score (nSPS) is 10.5. The van der Waals surface area contributed by atoms with Crippen LogP contribution >= 0.6 is 0 Å². The van der Waals surface area contributed by atoms with Crippen LogP contribution in [0.4, 0.5) is 4.39 Å². The molecule has 0 aliphatic carbocycles. The van der Waals surface area contributed by atoms with Crippen molar-refractivity contribution in [3.63, 3.8) is 0 Å². The van der Waals surface area contributed by atoms with Gasteiger partial charge in [-0.05, 0) is 24.3 Å². The summed E-state index contributed by atoms with van der Waals surface area (Å²) >= 11 is 0. The molecule has 0 bridgehead atoms. The van der Waals surface area contributed by atoms with E-state index in [1.54, 1.807) is 18.3 Å². The SMILES string of the molecule is OCCOc1ccnc2ccc(F)cc12. The fourth-order valence-electron chi connectivity index (χ4n) is 1.37. The molecule has 0 unspecified atom stereocenters. The number of fused-ring (bicyclic) bond motifs is 1. The van der Waals surface area contributed by atoms with Crippen molar-refractivity contribution in [2.45, 2.75) is 0 Å². The van der Waals surface area contributed by atoms with Gasteiger partial charge in [-0.1, -0.05) is 0 Å². The summed E-state index contributed by atoms with van der Waals surface area (Å²) in [6.45, 7) is 0.120. The molecule has 2 rings (SSSR count). The standard InChI is InChI=1S/C11H10FNO2/c12-8-1-2-10-9(7-8)11(3-4-13-10)15-6-5-14/h1-4,7,14H,5-6H2. The summed E-state index contributed by atoms with van der Waals surface area (Å²) < 4.78 is 18.3. The van der Waals surface area contributed by atoms with E-state index in [4.69, 9.17) is 9.84 Å². The van der Waals surface area contributed by atoms with Crippen molar-refractivity contribution in [1.29, 1.82) is 0 Å². The van der Waals surface area contributed by atoms with Crippen LogP contribution in [-0.4, -0.2) is 23.3 Å². The zero-order valence-electron chi connectivity index (χ0n) is 7.98. The Morgan fingerprint density at radius 3 is 3.00 bits per heavy atom. The van der Waals surface area contributed by atoms with E-state index in [1.165, 1.54) is 12.1 Å². The van der Waals surface area contributed by atoms with E-state index in [-0.39, 0.29) is 19.0 Å². The maximum atomic E-state index is 13.0. The molecule has 0 amide bonds. The highest BCUT2D eigenvalue weighted by Gasteiger charge is 2.03. The van der Waals surface area contributed by atoms with Gasteiger partial charge < -0.3 is 9.84 Å². The van der Waals surface area contributed by atoms with Crippen LogP contribution in [0.25, 0.3) is 10.9 Å². The summed E-state index contributed by atoms with van der Waals surface area (Å²) in [7, 11) is 0. The highest BCUT2D eigenvalue weighted by molar-refractivity contribution is 5.84. The molecule has 15 heavy (non-hydrogen) atoms. The summed E-state index contributed by atoms with van der Waals surface area (Å²) in [5, 5.41) is 9.26. The van der Waals surface area contributed by atoms with Crippen molar-refractivity contribution in [3.05, 3.63) is 36.3 Å². The molecule has 1 N–H and O–H groups in total. The highest BCUT2D eigenvalue weighted by atomic mass is 19.1. The first-order valence-electron chi connectivity index (χ1n) is 4.59. The van der Waals surface area contributed by atoms with Crippen LogP contribution in [0.2, 0.25) is 0 Å². The van der Waals surface area contributed by atoms with Crippen LogP contribution in [0, 0.1) is 5.82 Å². The van der Waals surface area contributed by atoms with Crippen LogP contribution < -0.4 is 4.74 Å². The number of pyridine rings is 1. The Balaban J connectivity index is 2.48. The number of aromatic nitrogens is 1. The first-order chi connectivity index (χ1) is 7.31. The largest absolute Gasteiger partial charge is 0.490 e. The quantitative estimate of drug-likeness (QED) is 0.833. The maximum absolute atomic E-state index is 13.0. The molecule has 0 saturated heterocycles. The van der Waals surface area contributed by atoms with Gasteiger partial charge in [0, 0.05) is 11.6 Å². The minimum Gasteiger partial charge on any atom is -0.490 e. The smallest absolute Gasteiger partial charge is 0.130 e. The first-order valence-corrected chi connectivity index (χ1v) is 4.59. The molecule has 1 heterocycles. The van der Waals surface area contributed by atoms with Crippen molar-refractivity contribution < 1.29 is 14.2 Å². The molecule has 0 radical (unpaired) electrons. The van der Waals surface area contributed by atoms with Gasteiger partial charge in [-0.2, -0.15) is 0 Å². The molecule has 2 aromatic rings. The molecule has 0 atom stereocenters. The summed E-state index contributed by atoms with van der Waals surface area (Å²) in [4.78, 5) is 4.08. The molecule has 0 aliphatic rings. The van der Waals surface area contributed by atoms with E-state index in [1.807, 2.05) is 0 Å². The van der Waals surface area contributed by atoms with Crippen molar-refractivity contribution in [2.24, 2.45) is 0 Å². The summed E-state index contributed by atoms with van der Waals surface area (Å²) in [5.74, 6) is 0.206. The zero-order chi connectivity index (χ0) is 10.7. The lowest BCUT2D eigenvalue weighted by molar-refractivity contribution is 0.202. The Hall–Kier alpha value is -1.68. The second-order valence-electron chi connectivity index (χ2n) is 3.04. The maximum Gasteiger partial charge on any atom is 0.130 e. The number of hydrogen-bond donors (Lipinski definition) is 1. The Bertz CT molecular complexity index is 473. The predicted molar refractivity (Wildman–Crippen MR) is 54.3 cm³/mol. The molecule has 0 saturated carbocycles. The monoisotopic (exact) mass is 207 g/mol. The number of halogens is 1. The van der Waals surface area contributed by atoms with E-state index in [2.05, 4.69) is 4.98 Å². The van der Waals surface area contributed by atoms with Gasteiger partial charge in [0.15, 0.2) is 0 Å². The average Bonchev–Trinajstić information content (AvgIpc) is 2.26. The Labute approximate surface area is 86.1 Å². The molecule has 4 heteroatoms. The number of aliphatic hydroxyl groups excluding tert-OH is 1. The summed E-state index contributed by atoms with van der Waals surface area (Å²) in [6, 6.07) is 5.97. The minimum atomic E-state index is -0.329. The molecular formula is C11H10FNO2. The number of aliphatic hydroxyl groups is 1. The van der Waals surface area contributed by atoms with Gasteiger partial charge in [0.25, 0.3) is 0 Å². The van der Waals surface area contributed by atoms with Crippen molar-refractivity contribution in [1.82, 2.24) is 4.98 Å². The van der Waals surface area contributed by atoms with Crippen LogP contribution in [-0.2, 0) is 0 Å². The summed E-state index contributed by atoms with van der Waals surface area (Å²) in [6.07, 6.45) is 1.59. The van der Waals surface area contributed by atoms with E-state index in [0.29, 0.717) is 16.7 Å². The van der Waals surface area contributed by atoms with Crippen LogP contribution in [0.15, 0.2) is 30.5 Å². The molecule has 3 nitrogen and oxygen atoms in total. The van der Waals surface area contributed by atoms with Gasteiger partial charge in [-0.3, -0.25) is 4.98 Å².